The Morgan fingerprint density at radius 3 is 2.36 bits per heavy atom. The maximum absolute atomic E-state index is 12.4. The minimum atomic E-state index is -0.245. The van der Waals surface area contributed by atoms with Gasteiger partial charge in [0.05, 0.1) is 12.1 Å². The van der Waals surface area contributed by atoms with Crippen LogP contribution in [0.5, 0.6) is 5.75 Å². The number of thiocarbonyl (C=S) groups is 1. The first-order chi connectivity index (χ1) is 12.0. The van der Waals surface area contributed by atoms with E-state index in [1.165, 1.54) is 32.1 Å². The second kappa shape index (κ2) is 6.76. The van der Waals surface area contributed by atoms with Gasteiger partial charge in [-0.05, 0) is 86.2 Å². The van der Waals surface area contributed by atoms with Crippen molar-refractivity contribution in [2.75, 3.05) is 7.11 Å². The van der Waals surface area contributed by atoms with Crippen molar-refractivity contribution < 1.29 is 9.53 Å². The summed E-state index contributed by atoms with van der Waals surface area (Å²) >= 11 is 11.5. The van der Waals surface area contributed by atoms with Crippen LogP contribution in [0.3, 0.4) is 0 Å². The Hall–Kier alpha value is -1.33. The first-order valence-electron chi connectivity index (χ1n) is 8.99. The van der Waals surface area contributed by atoms with E-state index in [0.29, 0.717) is 39.3 Å². The highest BCUT2D eigenvalue weighted by atomic mass is 35.5. The molecule has 0 atom stereocenters. The molecule has 25 heavy (non-hydrogen) atoms. The van der Waals surface area contributed by atoms with Crippen molar-refractivity contribution >= 4 is 34.8 Å². The molecule has 4 nitrogen and oxygen atoms in total. The molecule has 0 spiro atoms. The largest absolute Gasteiger partial charge is 0.495 e. The van der Waals surface area contributed by atoms with Crippen LogP contribution in [0.2, 0.25) is 5.02 Å². The van der Waals surface area contributed by atoms with E-state index in [1.54, 1.807) is 25.3 Å². The van der Waals surface area contributed by atoms with E-state index in [9.17, 15) is 4.79 Å². The quantitative estimate of drug-likeness (QED) is 0.786. The smallest absolute Gasteiger partial charge is 0.257 e. The molecule has 6 heteroatoms. The summed E-state index contributed by atoms with van der Waals surface area (Å²) in [5, 5.41) is 7.08. The molecule has 2 N–H and O–H groups in total. The summed E-state index contributed by atoms with van der Waals surface area (Å²) in [6.07, 6.45) is 6.69. The molecule has 1 aromatic carbocycles. The van der Waals surface area contributed by atoms with Crippen LogP contribution >= 0.6 is 23.8 Å². The Labute approximate surface area is 158 Å². The molecule has 4 aliphatic carbocycles. The molecule has 0 saturated heterocycles. The summed E-state index contributed by atoms with van der Waals surface area (Å²) in [5.74, 6) is 3.57. The Balaban J connectivity index is 1.37. The predicted octanol–water partition coefficient (Wildman–Crippen LogP) is 3.78. The Morgan fingerprint density at radius 2 is 1.80 bits per heavy atom. The molecule has 4 fully saturated rings. The van der Waals surface area contributed by atoms with Crippen molar-refractivity contribution in [3.63, 3.8) is 0 Å². The number of hydrogen-bond donors (Lipinski definition) is 2. The molecule has 0 radical (unpaired) electrons. The molecule has 134 valence electrons. The Bertz CT molecular complexity index is 681. The first-order valence-corrected chi connectivity index (χ1v) is 9.77. The van der Waals surface area contributed by atoms with Crippen molar-refractivity contribution in [1.29, 1.82) is 0 Å². The third kappa shape index (κ3) is 3.36. The van der Waals surface area contributed by atoms with Gasteiger partial charge >= 0.3 is 0 Å². The third-order valence-electron chi connectivity index (χ3n) is 6.17. The fourth-order valence-corrected chi connectivity index (χ4v) is 5.82. The van der Waals surface area contributed by atoms with Crippen molar-refractivity contribution in [1.82, 2.24) is 10.6 Å². The van der Waals surface area contributed by atoms with E-state index in [4.69, 9.17) is 28.6 Å². The van der Waals surface area contributed by atoms with Crippen LogP contribution < -0.4 is 15.4 Å². The fourth-order valence-electron chi connectivity index (χ4n) is 5.33. The topological polar surface area (TPSA) is 50.4 Å². The zero-order chi connectivity index (χ0) is 17.6. The maximum atomic E-state index is 12.4. The zero-order valence-electron chi connectivity index (χ0n) is 14.3. The molecule has 1 amide bonds. The zero-order valence-corrected chi connectivity index (χ0v) is 15.8. The highest BCUT2D eigenvalue weighted by Crippen LogP contribution is 2.53. The monoisotopic (exact) mass is 378 g/mol. The second-order valence-corrected chi connectivity index (χ2v) is 8.55. The van der Waals surface area contributed by atoms with Crippen LogP contribution in [0.25, 0.3) is 0 Å². The van der Waals surface area contributed by atoms with Gasteiger partial charge in [0.2, 0.25) is 0 Å². The molecular weight excluding hydrogens is 356 g/mol. The van der Waals surface area contributed by atoms with Gasteiger partial charge in [-0.3, -0.25) is 10.1 Å². The molecular formula is C19H23ClN2O2S. The van der Waals surface area contributed by atoms with E-state index in [2.05, 4.69) is 10.6 Å². The van der Waals surface area contributed by atoms with E-state index < -0.39 is 0 Å². The molecule has 5 rings (SSSR count). The summed E-state index contributed by atoms with van der Waals surface area (Å²) in [4.78, 5) is 12.4. The van der Waals surface area contributed by atoms with E-state index >= 15 is 0 Å². The first kappa shape index (κ1) is 17.1. The number of methoxy groups -OCH3 is 1. The molecule has 1 aromatic rings. The van der Waals surface area contributed by atoms with Crippen LogP contribution in [0.1, 0.15) is 42.5 Å². The summed E-state index contributed by atoms with van der Waals surface area (Å²) in [6.45, 7) is 0. The van der Waals surface area contributed by atoms with Crippen LogP contribution in [0.15, 0.2) is 18.2 Å². The second-order valence-electron chi connectivity index (χ2n) is 7.73. The number of halogens is 1. The summed E-state index contributed by atoms with van der Waals surface area (Å²) in [6, 6.07) is 5.39. The molecule has 4 saturated carbocycles. The maximum Gasteiger partial charge on any atom is 0.257 e. The van der Waals surface area contributed by atoms with Crippen LogP contribution in [0.4, 0.5) is 0 Å². The molecule has 4 bridgehead atoms. The van der Waals surface area contributed by atoms with Gasteiger partial charge < -0.3 is 10.1 Å². The molecule has 0 unspecified atom stereocenters. The number of ether oxygens (including phenoxy) is 1. The van der Waals surface area contributed by atoms with E-state index in [0.717, 1.165) is 11.8 Å². The van der Waals surface area contributed by atoms with Gasteiger partial charge in [0, 0.05) is 11.6 Å². The minimum Gasteiger partial charge on any atom is -0.495 e. The number of carbonyl (C=O) groups excluding carboxylic acids is 1. The van der Waals surface area contributed by atoms with Crippen molar-refractivity contribution in [2.24, 2.45) is 23.7 Å². The molecule has 4 aliphatic rings. The minimum absolute atomic E-state index is 0.245. The van der Waals surface area contributed by atoms with Gasteiger partial charge in [-0.15, -0.1) is 0 Å². The standard InChI is InChI=1S/C19H23ClN2O2S/c1-24-16-3-2-12(9-15(16)20)18(23)22-19(25)21-17-13-5-10-4-11(7-13)8-14(17)6-10/h2-3,9-11,13-14,17H,4-8H2,1H3,(H2,21,22,23,25). The average Bonchev–Trinajstić information content (AvgIpc) is 2.57. The number of nitrogens with one attached hydrogen (secondary N) is 2. The van der Waals surface area contributed by atoms with Crippen molar-refractivity contribution in [3.8, 4) is 5.75 Å². The van der Waals surface area contributed by atoms with Gasteiger partial charge in [-0.1, -0.05) is 11.6 Å². The average molecular weight is 379 g/mol. The predicted molar refractivity (Wildman–Crippen MR) is 102 cm³/mol. The lowest BCUT2D eigenvalue weighted by Gasteiger charge is -2.54. The lowest BCUT2D eigenvalue weighted by molar-refractivity contribution is -0.00692. The number of carbonyl (C=O) groups is 1. The van der Waals surface area contributed by atoms with Crippen LogP contribution in [-0.4, -0.2) is 24.2 Å². The normalized spacial score (nSPS) is 32.3. The molecule has 0 aromatic heterocycles. The summed E-state index contributed by atoms with van der Waals surface area (Å²) in [5.41, 5.74) is 0.472. The van der Waals surface area contributed by atoms with Gasteiger partial charge in [0.25, 0.3) is 5.91 Å². The lowest BCUT2D eigenvalue weighted by Crippen LogP contribution is -2.57. The van der Waals surface area contributed by atoms with Gasteiger partial charge in [-0.2, -0.15) is 0 Å². The lowest BCUT2D eigenvalue weighted by atomic mass is 9.54. The van der Waals surface area contributed by atoms with Crippen molar-refractivity contribution in [2.45, 2.75) is 38.1 Å². The number of amides is 1. The van der Waals surface area contributed by atoms with Crippen LogP contribution in [-0.2, 0) is 0 Å². The number of benzene rings is 1. The van der Waals surface area contributed by atoms with E-state index in [1.807, 2.05) is 0 Å². The summed E-state index contributed by atoms with van der Waals surface area (Å²) in [7, 11) is 1.55. The van der Waals surface area contributed by atoms with Crippen molar-refractivity contribution in [3.05, 3.63) is 28.8 Å². The Kier molecular flexibility index (Phi) is 4.63. The number of rotatable bonds is 3. The highest BCUT2D eigenvalue weighted by molar-refractivity contribution is 7.80. The number of hydrogen-bond acceptors (Lipinski definition) is 3. The van der Waals surface area contributed by atoms with Gasteiger partial charge in [0.15, 0.2) is 5.11 Å². The summed E-state index contributed by atoms with van der Waals surface area (Å²) < 4.78 is 5.11. The SMILES string of the molecule is COc1ccc(C(=O)NC(=S)NC2C3CC4CC(C3)CC2C4)cc1Cl. The highest BCUT2D eigenvalue weighted by Gasteiger charge is 2.48. The molecule has 0 heterocycles. The Morgan fingerprint density at radius 1 is 1.16 bits per heavy atom. The molecule has 0 aliphatic heterocycles. The van der Waals surface area contributed by atoms with Gasteiger partial charge in [0.1, 0.15) is 5.75 Å². The van der Waals surface area contributed by atoms with Gasteiger partial charge in [-0.25, -0.2) is 0 Å². The third-order valence-corrected chi connectivity index (χ3v) is 6.68. The van der Waals surface area contributed by atoms with Crippen LogP contribution in [0, 0.1) is 23.7 Å². The van der Waals surface area contributed by atoms with E-state index in [-0.39, 0.29) is 5.91 Å². The fraction of sp³-hybridized carbons (Fsp3) is 0.579.